The molecule has 0 aliphatic rings. The van der Waals surface area contributed by atoms with Gasteiger partial charge in [-0.1, -0.05) is 51.2 Å². The summed E-state index contributed by atoms with van der Waals surface area (Å²) in [6.07, 6.45) is -11.0. The average Bonchev–Trinajstić information content (AvgIpc) is 3.23. The van der Waals surface area contributed by atoms with Gasteiger partial charge in [-0.2, -0.15) is 0 Å². The van der Waals surface area contributed by atoms with Crippen LogP contribution in [-0.4, -0.2) is 194 Å². The molecular weight excluding hydrogens is 792 g/mol. The minimum Gasteiger partial charge on any atom is -0.481 e. The molecule has 0 aromatic rings. The molecular formula is C42H82O18. The Bertz CT molecular complexity index is 1080. The third-order valence-electron chi connectivity index (χ3n) is 12.6. The zero-order valence-electron chi connectivity index (χ0n) is 35.7. The maximum Gasteiger partial charge on any atom is 0.310 e. The summed E-state index contributed by atoms with van der Waals surface area (Å²) in [5, 5.41) is 186. The fourth-order valence-electron chi connectivity index (χ4n) is 10.2. The lowest BCUT2D eigenvalue weighted by molar-refractivity contribution is -0.256. The maximum atomic E-state index is 14.3. The molecule has 0 bridgehead atoms. The van der Waals surface area contributed by atoms with Crippen LogP contribution in [-0.2, 0) is 4.79 Å². The second kappa shape index (κ2) is 30.6. The van der Waals surface area contributed by atoms with E-state index in [9.17, 15) is 91.6 Å². The van der Waals surface area contributed by atoms with E-state index in [-0.39, 0.29) is 12.8 Å². The first-order valence-electron chi connectivity index (χ1n) is 21.6. The lowest BCUT2D eigenvalue weighted by atomic mass is 9.35. The van der Waals surface area contributed by atoms with E-state index in [2.05, 4.69) is 6.92 Å². The van der Waals surface area contributed by atoms with Crippen LogP contribution in [0.2, 0.25) is 0 Å². The highest BCUT2D eigenvalue weighted by atomic mass is 16.4. The first-order chi connectivity index (χ1) is 28.4. The van der Waals surface area contributed by atoms with E-state index in [4.69, 9.17) is 0 Å². The van der Waals surface area contributed by atoms with Crippen LogP contribution in [0.1, 0.15) is 122 Å². The van der Waals surface area contributed by atoms with Crippen molar-refractivity contribution in [2.24, 2.45) is 21.7 Å². The molecule has 8 atom stereocenters. The van der Waals surface area contributed by atoms with Crippen molar-refractivity contribution in [2.45, 2.75) is 171 Å². The molecule has 0 heterocycles. The smallest absolute Gasteiger partial charge is 0.310 e. The van der Waals surface area contributed by atoms with Gasteiger partial charge in [-0.15, -0.1) is 0 Å². The molecule has 18 nitrogen and oxygen atoms in total. The Kier molecular flexibility index (Phi) is 29.9. The van der Waals surface area contributed by atoms with Gasteiger partial charge in [0.25, 0.3) is 0 Å². The molecule has 0 aromatic heterocycles. The monoisotopic (exact) mass is 875 g/mol. The van der Waals surface area contributed by atoms with E-state index in [1.165, 1.54) is 0 Å². The Balaban J connectivity index is 9.08. The number of hydrogen-bond acceptors (Lipinski definition) is 17. The van der Waals surface area contributed by atoms with Crippen LogP contribution in [0.25, 0.3) is 0 Å². The molecule has 358 valence electrons. The molecule has 0 rings (SSSR count). The SMILES string of the molecule is CCCCCCCCC=CCCCC(CC(O)CO)(CC(O)CO)C(CC(O)CO)(CC(O)CO)C(CC(O)CO)(CC(O)CO)C(CC(O)CO)(CC(O)CO)C(=O)O. The zero-order valence-corrected chi connectivity index (χ0v) is 35.7. The molecule has 0 aromatic carbocycles. The van der Waals surface area contributed by atoms with Crippen molar-refractivity contribution in [1.82, 2.24) is 0 Å². The second-order valence-corrected chi connectivity index (χ2v) is 17.1. The molecule has 0 spiro atoms. The van der Waals surface area contributed by atoms with Gasteiger partial charge in [-0.3, -0.25) is 4.79 Å². The van der Waals surface area contributed by atoms with E-state index in [0.717, 1.165) is 44.9 Å². The molecule has 0 saturated carbocycles. The van der Waals surface area contributed by atoms with Gasteiger partial charge in [0.1, 0.15) is 0 Å². The molecule has 0 saturated heterocycles. The number of aliphatic carboxylic acids is 1. The van der Waals surface area contributed by atoms with E-state index in [0.29, 0.717) is 6.42 Å². The van der Waals surface area contributed by atoms with E-state index >= 15 is 0 Å². The minimum absolute atomic E-state index is 0.134. The quantitative estimate of drug-likeness (QED) is 0.0245. The Labute approximate surface area is 355 Å². The summed E-state index contributed by atoms with van der Waals surface area (Å²) in [6, 6.07) is 0. The van der Waals surface area contributed by atoms with Crippen LogP contribution in [0.4, 0.5) is 0 Å². The van der Waals surface area contributed by atoms with Crippen molar-refractivity contribution in [1.29, 1.82) is 0 Å². The van der Waals surface area contributed by atoms with Crippen molar-refractivity contribution in [3.63, 3.8) is 0 Å². The number of aliphatic hydroxyl groups excluding tert-OH is 16. The highest BCUT2D eigenvalue weighted by Crippen LogP contribution is 2.73. The second-order valence-electron chi connectivity index (χ2n) is 17.1. The Morgan fingerprint density at radius 1 is 0.417 bits per heavy atom. The zero-order chi connectivity index (χ0) is 46.0. The molecule has 0 fully saturated rings. The molecule has 0 amide bonds. The molecule has 17 N–H and O–H groups in total. The molecule has 8 unspecified atom stereocenters. The van der Waals surface area contributed by atoms with Gasteiger partial charge in [0, 0.05) is 0 Å². The number of rotatable bonds is 39. The largest absolute Gasteiger partial charge is 0.481 e. The minimum atomic E-state index is -2.84. The van der Waals surface area contributed by atoms with E-state index in [1.54, 1.807) is 0 Å². The van der Waals surface area contributed by atoms with E-state index in [1.807, 2.05) is 12.2 Å². The van der Waals surface area contributed by atoms with Gasteiger partial charge in [-0.25, -0.2) is 0 Å². The average molecular weight is 875 g/mol. The number of carbonyl (C=O) groups is 1. The van der Waals surface area contributed by atoms with Gasteiger partial charge in [0.05, 0.1) is 107 Å². The standard InChI is InChI=1S/C42H82O18/c1-2-3-4-5-6-7-8-9-10-11-12-13-39(14-30(51)22-43,15-31(52)23-44)41(18-34(55)26-47,19-35(56)27-48)42(20-36(57)28-49,21-37(58)29-50)40(38(59)60,16-32(53)24-45)17-33(54)25-46/h9-10,30-37,43-58H,2-8,11-29H2,1H3,(H,59,60). The number of unbranched alkanes of at least 4 members (excludes halogenated alkanes) is 7. The number of carboxylic acids is 1. The molecule has 18 heteroatoms. The normalized spacial score (nSPS) is 20.6. The first kappa shape index (κ1) is 58.6. The van der Waals surface area contributed by atoms with Gasteiger partial charge >= 0.3 is 5.97 Å². The van der Waals surface area contributed by atoms with Crippen LogP contribution in [0, 0.1) is 21.7 Å². The fourth-order valence-corrected chi connectivity index (χ4v) is 10.2. The van der Waals surface area contributed by atoms with Crippen molar-refractivity contribution >= 4 is 5.97 Å². The van der Waals surface area contributed by atoms with E-state index < -0.39 is 181 Å². The predicted octanol–water partition coefficient (Wildman–Crippen LogP) is -1.56. The number of carboxylic acid groups (broad SMARTS) is 1. The summed E-state index contributed by atoms with van der Waals surface area (Å²) in [7, 11) is 0. The molecule has 60 heavy (non-hydrogen) atoms. The van der Waals surface area contributed by atoms with Crippen LogP contribution in [0.5, 0.6) is 0 Å². The third kappa shape index (κ3) is 16.9. The van der Waals surface area contributed by atoms with Gasteiger partial charge in [0.2, 0.25) is 0 Å². The predicted molar refractivity (Wildman–Crippen MR) is 220 cm³/mol. The Morgan fingerprint density at radius 3 is 1.07 bits per heavy atom. The van der Waals surface area contributed by atoms with Crippen LogP contribution >= 0.6 is 0 Å². The molecule has 0 aliphatic carbocycles. The highest BCUT2D eigenvalue weighted by Gasteiger charge is 2.72. The number of allylic oxidation sites excluding steroid dienone is 2. The van der Waals surface area contributed by atoms with Crippen LogP contribution < -0.4 is 0 Å². The summed E-state index contributed by atoms with van der Waals surface area (Å²) in [5.41, 5.74) is -9.92. The summed E-state index contributed by atoms with van der Waals surface area (Å²) < 4.78 is 0. The highest BCUT2D eigenvalue weighted by molar-refractivity contribution is 5.76. The Morgan fingerprint density at radius 2 is 0.717 bits per heavy atom. The fraction of sp³-hybridized carbons (Fsp3) is 0.929. The maximum absolute atomic E-state index is 14.3. The van der Waals surface area contributed by atoms with Crippen molar-refractivity contribution in [2.75, 3.05) is 52.9 Å². The van der Waals surface area contributed by atoms with Crippen LogP contribution in [0.3, 0.4) is 0 Å². The molecule has 0 aliphatic heterocycles. The van der Waals surface area contributed by atoms with Crippen LogP contribution in [0.15, 0.2) is 12.2 Å². The lowest BCUT2D eigenvalue weighted by Crippen LogP contribution is -2.69. The van der Waals surface area contributed by atoms with Crippen molar-refractivity contribution in [3.05, 3.63) is 12.2 Å². The number of aliphatic hydroxyl groups is 16. The summed E-state index contributed by atoms with van der Waals surface area (Å²) in [5.74, 6) is -1.89. The lowest BCUT2D eigenvalue weighted by Gasteiger charge is -2.69. The number of hydrogen-bond donors (Lipinski definition) is 17. The third-order valence-corrected chi connectivity index (χ3v) is 12.6. The topological polar surface area (TPSA) is 361 Å². The first-order valence-corrected chi connectivity index (χ1v) is 21.6. The summed E-state index contributed by atoms with van der Waals surface area (Å²) >= 11 is 0. The summed E-state index contributed by atoms with van der Waals surface area (Å²) in [6.45, 7) is -6.28. The molecule has 0 radical (unpaired) electrons. The Hall–Kier alpha value is -1.43. The van der Waals surface area contributed by atoms with Gasteiger partial charge in [-0.05, 0) is 99.7 Å². The van der Waals surface area contributed by atoms with Crippen molar-refractivity contribution < 1.29 is 91.6 Å². The van der Waals surface area contributed by atoms with Gasteiger partial charge < -0.3 is 86.8 Å². The van der Waals surface area contributed by atoms with Gasteiger partial charge in [0.15, 0.2) is 0 Å². The van der Waals surface area contributed by atoms with Crippen molar-refractivity contribution in [3.8, 4) is 0 Å². The summed E-state index contributed by atoms with van der Waals surface area (Å²) in [4.78, 5) is 14.3.